The van der Waals surface area contributed by atoms with Gasteiger partial charge >= 0.3 is 23.9 Å². The Morgan fingerprint density at radius 3 is 2.00 bits per heavy atom. The molecule has 0 aliphatic carbocycles. The van der Waals surface area contributed by atoms with Gasteiger partial charge in [-0.3, -0.25) is 19.2 Å². The second-order valence-electron chi connectivity index (χ2n) is 8.40. The van der Waals surface area contributed by atoms with Gasteiger partial charge in [-0.05, 0) is 42.5 Å². The van der Waals surface area contributed by atoms with E-state index in [0.29, 0.717) is 16.3 Å². The lowest BCUT2D eigenvalue weighted by Gasteiger charge is -2.44. The first-order valence-electron chi connectivity index (χ1n) is 11.8. The van der Waals surface area contributed by atoms with Gasteiger partial charge < -0.3 is 28.8 Å². The maximum absolute atomic E-state index is 12.0. The van der Waals surface area contributed by atoms with Gasteiger partial charge in [0.2, 0.25) is 0 Å². The van der Waals surface area contributed by atoms with Crippen LogP contribution in [0.2, 0.25) is 0 Å². The predicted octanol–water partition coefficient (Wildman–Crippen LogP) is 3.98. The molecule has 0 spiro atoms. The standard InChI is InChI=1S/C26H28N2O10S/c1-14(29)34-13-22-23(35-15(2)30)24(36-16(3)31)25(37-17(4)32)26(38-22)39-21-7-5-6-19(12-21)28-27-18-8-10-20(33)11-9-18/h5-12,22-26,33H,13H2,1-4H3/t22-,23+,24+,25-,26+/m1/s1. The lowest BCUT2D eigenvalue weighted by atomic mass is 9.99. The van der Waals surface area contributed by atoms with E-state index in [9.17, 15) is 24.3 Å². The van der Waals surface area contributed by atoms with Crippen molar-refractivity contribution in [1.29, 1.82) is 0 Å². The highest BCUT2D eigenvalue weighted by molar-refractivity contribution is 7.99. The van der Waals surface area contributed by atoms with E-state index in [1.807, 2.05) is 0 Å². The number of azo groups is 1. The van der Waals surface area contributed by atoms with Gasteiger partial charge in [0.1, 0.15) is 23.9 Å². The van der Waals surface area contributed by atoms with Crippen molar-refractivity contribution >= 4 is 47.0 Å². The molecule has 13 heteroatoms. The molecule has 1 fully saturated rings. The lowest BCUT2D eigenvalue weighted by Crippen LogP contribution is -2.61. The van der Waals surface area contributed by atoms with Crippen LogP contribution in [0.3, 0.4) is 0 Å². The molecule has 0 saturated carbocycles. The van der Waals surface area contributed by atoms with Gasteiger partial charge in [0, 0.05) is 32.6 Å². The van der Waals surface area contributed by atoms with Gasteiger partial charge in [-0.25, -0.2) is 0 Å². The fourth-order valence-electron chi connectivity index (χ4n) is 3.67. The molecule has 1 N–H and O–H groups in total. The molecule has 5 atom stereocenters. The number of ether oxygens (including phenoxy) is 5. The Balaban J connectivity index is 1.92. The third kappa shape index (κ3) is 9.07. The van der Waals surface area contributed by atoms with Crippen LogP contribution in [0.25, 0.3) is 0 Å². The zero-order chi connectivity index (χ0) is 28.5. The minimum atomic E-state index is -1.25. The number of esters is 4. The first-order chi connectivity index (χ1) is 18.5. The third-order valence-corrected chi connectivity index (χ3v) is 6.29. The Bertz CT molecular complexity index is 1220. The Labute approximate surface area is 228 Å². The van der Waals surface area contributed by atoms with E-state index < -0.39 is 53.7 Å². The number of thioether (sulfide) groups is 1. The average Bonchev–Trinajstić information content (AvgIpc) is 2.85. The quantitative estimate of drug-likeness (QED) is 0.268. The summed E-state index contributed by atoms with van der Waals surface area (Å²) in [7, 11) is 0. The summed E-state index contributed by atoms with van der Waals surface area (Å²) in [5.74, 6) is -2.57. The zero-order valence-electron chi connectivity index (χ0n) is 21.6. The van der Waals surface area contributed by atoms with Crippen molar-refractivity contribution in [1.82, 2.24) is 0 Å². The van der Waals surface area contributed by atoms with Gasteiger partial charge in [0.15, 0.2) is 18.3 Å². The highest BCUT2D eigenvalue weighted by Gasteiger charge is 2.52. The monoisotopic (exact) mass is 560 g/mol. The fourth-order valence-corrected chi connectivity index (χ4v) is 4.83. The number of carbonyl (C=O) groups excluding carboxylic acids is 4. The van der Waals surface area contributed by atoms with E-state index >= 15 is 0 Å². The van der Waals surface area contributed by atoms with Gasteiger partial charge in [-0.1, -0.05) is 17.8 Å². The summed E-state index contributed by atoms with van der Waals surface area (Å²) in [6.07, 6.45) is -4.70. The van der Waals surface area contributed by atoms with Crippen LogP contribution in [0.4, 0.5) is 11.4 Å². The summed E-state index contributed by atoms with van der Waals surface area (Å²) in [5, 5.41) is 17.8. The molecule has 39 heavy (non-hydrogen) atoms. The van der Waals surface area contributed by atoms with Gasteiger partial charge in [-0.2, -0.15) is 10.2 Å². The topological polar surface area (TPSA) is 159 Å². The van der Waals surface area contributed by atoms with Crippen LogP contribution in [0.1, 0.15) is 27.7 Å². The van der Waals surface area contributed by atoms with Gasteiger partial charge in [-0.15, -0.1) is 0 Å². The van der Waals surface area contributed by atoms with E-state index in [2.05, 4.69) is 10.2 Å². The molecule has 3 rings (SSSR count). The summed E-state index contributed by atoms with van der Waals surface area (Å²) in [4.78, 5) is 48.0. The van der Waals surface area contributed by atoms with Crippen molar-refractivity contribution in [2.75, 3.05) is 6.61 Å². The fraction of sp³-hybridized carbons (Fsp3) is 0.385. The summed E-state index contributed by atoms with van der Waals surface area (Å²) in [5.41, 5.74) is 0.0686. The Hall–Kier alpha value is -3.97. The Kier molecular flexibility index (Phi) is 10.4. The molecule has 1 heterocycles. The molecule has 2 aromatic rings. The SMILES string of the molecule is CC(=O)OC[C@H]1O[C@@H](Sc2cccc(N=Nc3ccc(O)cc3)c2)[C@H](OC(C)=O)[C@@H](OC(C)=O)[C@H]1OC(C)=O. The van der Waals surface area contributed by atoms with E-state index in [4.69, 9.17) is 23.7 Å². The van der Waals surface area contributed by atoms with Crippen LogP contribution >= 0.6 is 11.8 Å². The number of phenolic OH excluding ortho intramolecular Hbond substituents is 1. The maximum atomic E-state index is 12.0. The van der Waals surface area contributed by atoms with E-state index in [1.54, 1.807) is 36.4 Å². The number of carbonyl (C=O) groups is 4. The first kappa shape index (κ1) is 29.6. The van der Waals surface area contributed by atoms with Crippen molar-refractivity contribution in [2.45, 2.75) is 62.4 Å². The van der Waals surface area contributed by atoms with Crippen molar-refractivity contribution in [2.24, 2.45) is 10.2 Å². The number of phenols is 1. The molecule has 1 aliphatic heterocycles. The molecular weight excluding hydrogens is 532 g/mol. The second-order valence-corrected chi connectivity index (χ2v) is 9.57. The zero-order valence-corrected chi connectivity index (χ0v) is 22.5. The van der Waals surface area contributed by atoms with Crippen LogP contribution in [0, 0.1) is 0 Å². The predicted molar refractivity (Wildman–Crippen MR) is 137 cm³/mol. The molecule has 0 aromatic heterocycles. The molecule has 208 valence electrons. The molecule has 1 saturated heterocycles. The number of hydrogen-bond acceptors (Lipinski definition) is 13. The second kappa shape index (κ2) is 13.7. The maximum Gasteiger partial charge on any atom is 0.303 e. The number of rotatable bonds is 9. The summed E-state index contributed by atoms with van der Waals surface area (Å²) < 4.78 is 27.6. The first-order valence-corrected chi connectivity index (χ1v) is 12.7. The highest BCUT2D eigenvalue weighted by Crippen LogP contribution is 2.38. The molecule has 0 amide bonds. The smallest absolute Gasteiger partial charge is 0.303 e. The molecule has 2 aromatic carbocycles. The number of hydrogen-bond donors (Lipinski definition) is 1. The average molecular weight is 561 g/mol. The van der Waals surface area contributed by atoms with Crippen molar-refractivity contribution < 1.29 is 48.0 Å². The summed E-state index contributed by atoms with van der Waals surface area (Å²) >= 11 is 1.14. The van der Waals surface area contributed by atoms with E-state index in [-0.39, 0.29) is 12.4 Å². The molecule has 12 nitrogen and oxygen atoms in total. The minimum absolute atomic E-state index is 0.108. The number of aromatic hydroxyl groups is 1. The number of nitrogens with zero attached hydrogens (tertiary/aromatic N) is 2. The van der Waals surface area contributed by atoms with Gasteiger partial charge in [0.25, 0.3) is 0 Å². The van der Waals surface area contributed by atoms with E-state index in [1.165, 1.54) is 26.0 Å². The van der Waals surface area contributed by atoms with Crippen LogP contribution in [0.5, 0.6) is 5.75 Å². The van der Waals surface area contributed by atoms with Gasteiger partial charge in [0.05, 0.1) is 11.4 Å². The van der Waals surface area contributed by atoms with Crippen molar-refractivity contribution in [3.8, 4) is 5.75 Å². The third-order valence-electron chi connectivity index (χ3n) is 5.15. The molecular formula is C26H28N2O10S. The van der Waals surface area contributed by atoms with Crippen LogP contribution in [-0.4, -0.2) is 65.4 Å². The minimum Gasteiger partial charge on any atom is -0.508 e. The Morgan fingerprint density at radius 2 is 1.38 bits per heavy atom. The van der Waals surface area contributed by atoms with Crippen molar-refractivity contribution in [3.63, 3.8) is 0 Å². The van der Waals surface area contributed by atoms with Crippen LogP contribution < -0.4 is 0 Å². The lowest BCUT2D eigenvalue weighted by molar-refractivity contribution is -0.237. The van der Waals surface area contributed by atoms with Crippen LogP contribution in [-0.2, 0) is 42.9 Å². The molecule has 1 aliphatic rings. The Morgan fingerprint density at radius 1 is 0.795 bits per heavy atom. The van der Waals surface area contributed by atoms with Crippen LogP contribution in [0.15, 0.2) is 63.7 Å². The normalized spacial score (nSPS) is 22.6. The van der Waals surface area contributed by atoms with Crippen molar-refractivity contribution in [3.05, 3.63) is 48.5 Å². The summed E-state index contributed by atoms with van der Waals surface area (Å²) in [6.45, 7) is 4.41. The highest BCUT2D eigenvalue weighted by atomic mass is 32.2. The molecule has 0 unspecified atom stereocenters. The summed E-state index contributed by atoms with van der Waals surface area (Å²) in [6, 6.07) is 13.1. The number of benzene rings is 2. The van der Waals surface area contributed by atoms with E-state index in [0.717, 1.165) is 25.6 Å². The molecule has 0 radical (unpaired) electrons. The largest absolute Gasteiger partial charge is 0.508 e. The molecule has 0 bridgehead atoms.